The van der Waals surface area contributed by atoms with E-state index in [0.29, 0.717) is 5.13 Å². The fourth-order valence-electron chi connectivity index (χ4n) is 2.54. The zero-order valence-corrected chi connectivity index (χ0v) is 16.8. The van der Waals surface area contributed by atoms with Gasteiger partial charge in [0.25, 0.3) is 0 Å². The van der Waals surface area contributed by atoms with Crippen LogP contribution in [0, 0.1) is 0 Å². The van der Waals surface area contributed by atoms with Gasteiger partial charge < -0.3 is 11.1 Å². The van der Waals surface area contributed by atoms with Gasteiger partial charge in [-0.05, 0) is 35.7 Å². The molecular formula is C19H20N4O3S2. The third kappa shape index (κ3) is 5.44. The molecule has 0 saturated carbocycles. The number of sulfone groups is 1. The summed E-state index contributed by atoms with van der Waals surface area (Å²) in [5.74, 6) is -0.581. The normalized spacial score (nSPS) is 12.5. The van der Waals surface area contributed by atoms with Gasteiger partial charge in [-0.3, -0.25) is 9.78 Å². The number of carbonyl (C=O) groups is 1. The van der Waals surface area contributed by atoms with E-state index < -0.39 is 21.8 Å². The second kappa shape index (κ2) is 8.59. The van der Waals surface area contributed by atoms with Crippen molar-refractivity contribution in [3.05, 3.63) is 54.2 Å². The summed E-state index contributed by atoms with van der Waals surface area (Å²) in [5.41, 5.74) is 9.53. The molecule has 3 aromatic rings. The van der Waals surface area contributed by atoms with Crippen LogP contribution in [-0.2, 0) is 14.6 Å². The SMILES string of the molecule is CS(=O)(=O)CC[C@H](N)C(=O)Nc1nc(-c2cccc(-c3ccncc3)c2)cs1. The molecule has 7 nitrogen and oxygen atoms in total. The van der Waals surface area contributed by atoms with Crippen LogP contribution in [-0.4, -0.2) is 42.3 Å². The van der Waals surface area contributed by atoms with Gasteiger partial charge in [-0.2, -0.15) is 0 Å². The number of nitrogens with one attached hydrogen (secondary N) is 1. The van der Waals surface area contributed by atoms with Crippen LogP contribution in [0.1, 0.15) is 6.42 Å². The van der Waals surface area contributed by atoms with Gasteiger partial charge in [-0.15, -0.1) is 11.3 Å². The molecule has 3 N–H and O–H groups in total. The standard InChI is InChI=1S/C19H20N4O3S2/c1-28(25,26)10-7-16(20)18(24)23-19-22-17(12-27-19)15-4-2-3-14(11-15)13-5-8-21-9-6-13/h2-6,8-9,11-12,16H,7,10,20H2,1H3,(H,22,23,24)/t16-/m0/s1. The first-order valence-electron chi connectivity index (χ1n) is 8.52. The highest BCUT2D eigenvalue weighted by atomic mass is 32.2. The second-order valence-electron chi connectivity index (χ2n) is 6.37. The molecule has 1 atom stereocenters. The van der Waals surface area contributed by atoms with Gasteiger partial charge in [0.15, 0.2) is 5.13 Å². The van der Waals surface area contributed by atoms with E-state index in [9.17, 15) is 13.2 Å². The van der Waals surface area contributed by atoms with E-state index in [4.69, 9.17) is 5.73 Å². The van der Waals surface area contributed by atoms with E-state index in [-0.39, 0.29) is 12.2 Å². The number of nitrogens with zero attached hydrogens (tertiary/aromatic N) is 2. The van der Waals surface area contributed by atoms with Crippen molar-refractivity contribution in [3.8, 4) is 22.4 Å². The smallest absolute Gasteiger partial charge is 0.243 e. The van der Waals surface area contributed by atoms with Gasteiger partial charge in [0.05, 0.1) is 17.5 Å². The summed E-state index contributed by atoms with van der Waals surface area (Å²) in [6.45, 7) is 0. The van der Waals surface area contributed by atoms with E-state index in [0.717, 1.165) is 28.6 Å². The number of thiazole rings is 1. The summed E-state index contributed by atoms with van der Waals surface area (Å²) >= 11 is 1.29. The predicted molar refractivity (Wildman–Crippen MR) is 112 cm³/mol. The number of hydrogen-bond acceptors (Lipinski definition) is 7. The summed E-state index contributed by atoms with van der Waals surface area (Å²) in [4.78, 5) is 20.6. The topological polar surface area (TPSA) is 115 Å². The van der Waals surface area contributed by atoms with Gasteiger partial charge >= 0.3 is 0 Å². The molecule has 0 aliphatic carbocycles. The molecule has 2 heterocycles. The number of benzene rings is 1. The van der Waals surface area contributed by atoms with E-state index in [1.165, 1.54) is 11.3 Å². The molecule has 0 saturated heterocycles. The number of pyridine rings is 1. The molecule has 28 heavy (non-hydrogen) atoms. The molecule has 1 aromatic carbocycles. The summed E-state index contributed by atoms with van der Waals surface area (Å²) in [6.07, 6.45) is 4.67. The quantitative estimate of drug-likeness (QED) is 0.612. The molecule has 0 spiro atoms. The first-order valence-corrected chi connectivity index (χ1v) is 11.5. The van der Waals surface area contributed by atoms with Crippen LogP contribution >= 0.6 is 11.3 Å². The molecule has 9 heteroatoms. The van der Waals surface area contributed by atoms with Gasteiger partial charge in [0, 0.05) is 29.6 Å². The molecular weight excluding hydrogens is 396 g/mol. The Morgan fingerprint density at radius 2 is 1.89 bits per heavy atom. The lowest BCUT2D eigenvalue weighted by Gasteiger charge is -2.09. The lowest BCUT2D eigenvalue weighted by Crippen LogP contribution is -2.37. The summed E-state index contributed by atoms with van der Waals surface area (Å²) in [5, 5.41) is 4.93. The van der Waals surface area contributed by atoms with Crippen molar-refractivity contribution in [1.82, 2.24) is 9.97 Å². The van der Waals surface area contributed by atoms with Gasteiger partial charge in [0.2, 0.25) is 5.91 Å². The van der Waals surface area contributed by atoms with Crippen molar-refractivity contribution in [3.63, 3.8) is 0 Å². The van der Waals surface area contributed by atoms with Crippen molar-refractivity contribution in [1.29, 1.82) is 0 Å². The van der Waals surface area contributed by atoms with Crippen LogP contribution in [0.5, 0.6) is 0 Å². The average molecular weight is 417 g/mol. The Kier molecular flexibility index (Phi) is 6.18. The molecule has 2 aromatic heterocycles. The minimum absolute atomic E-state index is 0.0663. The first-order chi connectivity index (χ1) is 13.3. The van der Waals surface area contributed by atoms with Crippen molar-refractivity contribution < 1.29 is 13.2 Å². The number of hydrogen-bond donors (Lipinski definition) is 2. The largest absolute Gasteiger partial charge is 0.320 e. The third-order valence-corrected chi connectivity index (χ3v) is 5.78. The highest BCUT2D eigenvalue weighted by molar-refractivity contribution is 7.90. The molecule has 0 unspecified atom stereocenters. The second-order valence-corrected chi connectivity index (χ2v) is 9.49. The van der Waals surface area contributed by atoms with Gasteiger partial charge in [-0.25, -0.2) is 13.4 Å². The Bertz CT molecular complexity index is 1070. The minimum Gasteiger partial charge on any atom is -0.320 e. The van der Waals surface area contributed by atoms with Crippen LogP contribution in [0.25, 0.3) is 22.4 Å². The maximum absolute atomic E-state index is 12.1. The van der Waals surface area contributed by atoms with E-state index in [2.05, 4.69) is 15.3 Å². The van der Waals surface area contributed by atoms with Crippen molar-refractivity contribution in [2.75, 3.05) is 17.3 Å². The molecule has 1 amide bonds. The lowest BCUT2D eigenvalue weighted by atomic mass is 10.0. The Balaban J connectivity index is 1.70. The Labute approximate surface area is 167 Å². The fraction of sp³-hybridized carbons (Fsp3) is 0.211. The molecule has 3 rings (SSSR count). The summed E-state index contributed by atoms with van der Waals surface area (Å²) < 4.78 is 22.4. The molecule has 0 aliphatic heterocycles. The Hall–Kier alpha value is -2.62. The summed E-state index contributed by atoms with van der Waals surface area (Å²) in [7, 11) is -3.16. The molecule has 0 aliphatic rings. The van der Waals surface area contributed by atoms with Crippen molar-refractivity contribution in [2.45, 2.75) is 12.5 Å². The van der Waals surface area contributed by atoms with Crippen LogP contribution < -0.4 is 11.1 Å². The highest BCUT2D eigenvalue weighted by Gasteiger charge is 2.17. The van der Waals surface area contributed by atoms with E-state index in [1.54, 1.807) is 12.4 Å². The zero-order valence-electron chi connectivity index (χ0n) is 15.2. The number of aromatic nitrogens is 2. The maximum atomic E-state index is 12.1. The maximum Gasteiger partial charge on any atom is 0.243 e. The van der Waals surface area contributed by atoms with Gasteiger partial charge in [0.1, 0.15) is 9.84 Å². The van der Waals surface area contributed by atoms with Crippen LogP contribution in [0.4, 0.5) is 5.13 Å². The molecule has 0 radical (unpaired) electrons. The summed E-state index contributed by atoms with van der Waals surface area (Å²) in [6, 6.07) is 10.9. The van der Waals surface area contributed by atoms with Crippen molar-refractivity contribution in [2.24, 2.45) is 5.73 Å². The van der Waals surface area contributed by atoms with Crippen molar-refractivity contribution >= 4 is 32.2 Å². The highest BCUT2D eigenvalue weighted by Crippen LogP contribution is 2.28. The number of nitrogens with two attached hydrogens (primary N) is 1. The van der Waals surface area contributed by atoms with E-state index >= 15 is 0 Å². The first kappa shape index (κ1) is 20.1. The zero-order chi connectivity index (χ0) is 20.1. The Morgan fingerprint density at radius 3 is 2.61 bits per heavy atom. The minimum atomic E-state index is -3.16. The predicted octanol–water partition coefficient (Wildman–Crippen LogP) is 2.57. The molecule has 146 valence electrons. The average Bonchev–Trinajstić information content (AvgIpc) is 3.15. The van der Waals surface area contributed by atoms with Crippen LogP contribution in [0.15, 0.2) is 54.2 Å². The third-order valence-electron chi connectivity index (χ3n) is 4.04. The Morgan fingerprint density at radius 1 is 1.18 bits per heavy atom. The number of rotatable bonds is 7. The molecule has 0 bridgehead atoms. The number of anilines is 1. The monoisotopic (exact) mass is 416 g/mol. The lowest BCUT2D eigenvalue weighted by molar-refractivity contribution is -0.117. The van der Waals surface area contributed by atoms with Crippen LogP contribution in [0.3, 0.4) is 0 Å². The fourth-order valence-corrected chi connectivity index (χ4v) is 3.94. The molecule has 0 fully saturated rings. The number of amides is 1. The number of carbonyl (C=O) groups excluding carboxylic acids is 1. The van der Waals surface area contributed by atoms with Gasteiger partial charge in [-0.1, -0.05) is 18.2 Å². The van der Waals surface area contributed by atoms with Crippen LogP contribution in [0.2, 0.25) is 0 Å². The van der Waals surface area contributed by atoms with E-state index in [1.807, 2.05) is 41.8 Å².